The van der Waals surface area contributed by atoms with Crippen molar-refractivity contribution in [3.63, 3.8) is 0 Å². The van der Waals surface area contributed by atoms with E-state index in [1.807, 2.05) is 48.5 Å². The molecule has 2 aromatic heterocycles. The highest BCUT2D eigenvalue weighted by atomic mass is 15.3. The van der Waals surface area contributed by atoms with Gasteiger partial charge in [-0.1, -0.05) is 182 Å². The van der Waals surface area contributed by atoms with Gasteiger partial charge in [-0.2, -0.15) is 0 Å². The molecule has 0 radical (unpaired) electrons. The van der Waals surface area contributed by atoms with Crippen LogP contribution in [0.25, 0.3) is 32.7 Å². The third-order valence-electron chi connectivity index (χ3n) is 15.3. The van der Waals surface area contributed by atoms with Crippen molar-refractivity contribution in [3.05, 3.63) is 299 Å². The van der Waals surface area contributed by atoms with Crippen LogP contribution in [0.3, 0.4) is 0 Å². The number of aryl methyl sites for hydroxylation is 2. The summed E-state index contributed by atoms with van der Waals surface area (Å²) in [4.78, 5) is 35.5. The van der Waals surface area contributed by atoms with E-state index in [9.17, 15) is 0 Å². The van der Waals surface area contributed by atoms with Gasteiger partial charge in [-0.25, -0.2) is 30.0 Å². The van der Waals surface area contributed by atoms with E-state index in [2.05, 4.69) is 239 Å². The van der Waals surface area contributed by atoms with E-state index in [0.717, 1.165) is 101 Å². The van der Waals surface area contributed by atoms with Gasteiger partial charge in [0.1, 0.15) is 29.3 Å². The number of aliphatic imine (C=N–C) groups is 4. The van der Waals surface area contributed by atoms with Crippen molar-refractivity contribution in [2.24, 2.45) is 30.0 Å². The Labute approximate surface area is 468 Å². The number of hydrogen-bond donors (Lipinski definition) is 0. The SMILES string of the molecule is Cc1cccc(N(c2ccccc2)c2ccc(-c3ccc(N(c4ccccc4)c4cccc(C)c4)cc3)cc2)c1.c1ccc2c(c1)C1=NC2=Nc2c3ccccc3c3n2Cn2c(c4ccccc4c2=NC2=NC(=N3)c3ccccc32)=N1. The molecule has 4 aliphatic rings. The monoisotopic (exact) mass is 1040 g/mol. The zero-order valence-corrected chi connectivity index (χ0v) is 44.4. The Hall–Kier alpha value is -10.8. The highest BCUT2D eigenvalue weighted by Crippen LogP contribution is 2.42. The lowest BCUT2D eigenvalue weighted by Crippen LogP contribution is -2.32. The lowest BCUT2D eigenvalue weighted by Gasteiger charge is -2.26. The van der Waals surface area contributed by atoms with Crippen LogP contribution in [0.2, 0.25) is 0 Å². The maximum atomic E-state index is 5.22. The summed E-state index contributed by atoms with van der Waals surface area (Å²) in [6.07, 6.45) is 0. The van der Waals surface area contributed by atoms with Gasteiger partial charge < -0.3 is 9.80 Å². The molecule has 6 heterocycles. The van der Waals surface area contributed by atoms with Crippen LogP contribution < -0.4 is 20.8 Å². The number of hydrogen-bond acceptors (Lipinski definition) is 8. The number of amidine groups is 4. The normalized spacial score (nSPS) is 13.3. The van der Waals surface area contributed by atoms with Crippen LogP contribution in [0.15, 0.2) is 285 Å². The van der Waals surface area contributed by atoms with E-state index in [0.29, 0.717) is 30.0 Å². The molecule has 4 aliphatic heterocycles. The highest BCUT2D eigenvalue weighted by Gasteiger charge is 2.29. The minimum Gasteiger partial charge on any atom is -0.310 e. The Morgan fingerprint density at radius 2 is 0.617 bits per heavy atom. The smallest absolute Gasteiger partial charge is 0.164 e. The number of benzene rings is 10. The number of nitrogens with zero attached hydrogens (tertiary/aromatic N) is 10. The summed E-state index contributed by atoms with van der Waals surface area (Å²) in [5.41, 5.74) is 17.2. The summed E-state index contributed by atoms with van der Waals surface area (Å²) in [5.74, 6) is 4.18. The molecule has 0 saturated heterocycles. The average Bonchev–Trinajstić information content (AvgIpc) is 4.01. The predicted molar refractivity (Wildman–Crippen MR) is 331 cm³/mol. The fraction of sp³-hybridized carbons (Fsp3) is 0.0423. The van der Waals surface area contributed by atoms with Gasteiger partial charge in [-0.15, -0.1) is 0 Å². The second-order valence-corrected chi connectivity index (χ2v) is 20.6. The number of fused-ring (bicyclic) bond motifs is 14. The topological polar surface area (TPSA) is 90.5 Å². The van der Waals surface area contributed by atoms with Crippen molar-refractivity contribution < 1.29 is 0 Å². The van der Waals surface area contributed by atoms with E-state index in [1.165, 1.54) is 22.3 Å². The van der Waals surface area contributed by atoms with Gasteiger partial charge in [0.25, 0.3) is 0 Å². The minimum absolute atomic E-state index is 0.423. The molecule has 12 aromatic rings. The first kappa shape index (κ1) is 47.4. The molecule has 0 aliphatic carbocycles. The summed E-state index contributed by atoms with van der Waals surface area (Å²) in [5, 5.41) is 4.02. The first-order valence-corrected chi connectivity index (χ1v) is 27.2. The van der Waals surface area contributed by atoms with Crippen molar-refractivity contribution in [2.45, 2.75) is 20.5 Å². The Kier molecular flexibility index (Phi) is 11.4. The molecular formula is C71H50N10. The second-order valence-electron chi connectivity index (χ2n) is 20.6. The van der Waals surface area contributed by atoms with Gasteiger partial charge in [-0.3, -0.25) is 9.13 Å². The number of para-hydroxylation sites is 2. The fourth-order valence-corrected chi connectivity index (χ4v) is 11.5. The molecule has 10 heteroatoms. The standard InChI is InChI=1S/C38H32N2.C33H18N8/c1-29-11-9-17-37(27-29)39(33-13-5-3-6-14-33)35-23-19-31(20-24-35)32-21-25-36(26-22-32)40(34-15-7-4-8-16-34)38-18-10-12-30(2)28-38;1-2-10-19-18(9-1)26-34-27(19)37-31-24-15-7-8-16-25(24)33-39-29-21-12-4-3-11-20(21)28(35-29)38-32-23-14-6-5-13-22(23)30(36-26)40(32)17-41(31)33/h3-28H,1-2H3;1-16H,17H2. The van der Waals surface area contributed by atoms with Crippen LogP contribution in [0, 0.1) is 13.8 Å². The maximum Gasteiger partial charge on any atom is 0.164 e. The maximum absolute atomic E-state index is 5.22. The van der Waals surface area contributed by atoms with Gasteiger partial charge in [0.2, 0.25) is 0 Å². The number of aromatic nitrogens is 2. The molecule has 16 rings (SSSR count). The third-order valence-corrected chi connectivity index (χ3v) is 15.3. The van der Waals surface area contributed by atoms with Crippen molar-refractivity contribution in [1.82, 2.24) is 9.13 Å². The van der Waals surface area contributed by atoms with E-state index in [4.69, 9.17) is 30.0 Å². The number of anilines is 6. The summed E-state index contributed by atoms with van der Waals surface area (Å²) >= 11 is 0. The largest absolute Gasteiger partial charge is 0.310 e. The molecule has 10 aromatic carbocycles. The van der Waals surface area contributed by atoms with Crippen LogP contribution >= 0.6 is 0 Å². The Morgan fingerprint density at radius 3 is 1.01 bits per heavy atom. The zero-order valence-electron chi connectivity index (χ0n) is 44.4. The van der Waals surface area contributed by atoms with Crippen LogP contribution in [0.1, 0.15) is 33.4 Å². The van der Waals surface area contributed by atoms with E-state index < -0.39 is 0 Å². The summed E-state index contributed by atoms with van der Waals surface area (Å²) < 4.78 is 4.31. The minimum atomic E-state index is 0.423. The van der Waals surface area contributed by atoms with Gasteiger partial charge >= 0.3 is 0 Å². The molecule has 0 amide bonds. The van der Waals surface area contributed by atoms with Crippen molar-refractivity contribution in [2.75, 3.05) is 9.80 Å². The second kappa shape index (κ2) is 19.6. The third kappa shape index (κ3) is 8.36. The first-order chi connectivity index (χ1) is 40.0. The summed E-state index contributed by atoms with van der Waals surface area (Å²) in [6, 6.07) is 89.0. The lowest BCUT2D eigenvalue weighted by atomic mass is 10.0. The molecule has 6 bridgehead atoms. The predicted octanol–water partition coefficient (Wildman–Crippen LogP) is 16.0. The summed E-state index contributed by atoms with van der Waals surface area (Å²) in [7, 11) is 0. The van der Waals surface area contributed by atoms with Crippen LogP contribution in [-0.2, 0) is 6.67 Å². The van der Waals surface area contributed by atoms with Crippen molar-refractivity contribution in [3.8, 4) is 11.1 Å². The molecule has 0 unspecified atom stereocenters. The quantitative estimate of drug-likeness (QED) is 0.159. The van der Waals surface area contributed by atoms with Gasteiger partial charge in [0.05, 0.1) is 0 Å². The van der Waals surface area contributed by atoms with Crippen LogP contribution in [0.5, 0.6) is 0 Å². The van der Waals surface area contributed by atoms with E-state index >= 15 is 0 Å². The van der Waals surface area contributed by atoms with Crippen LogP contribution in [0.4, 0.5) is 45.8 Å². The van der Waals surface area contributed by atoms with Crippen LogP contribution in [-0.4, -0.2) is 32.5 Å². The number of rotatable bonds is 7. The molecule has 10 nitrogen and oxygen atoms in total. The molecule has 0 saturated carbocycles. The molecule has 0 spiro atoms. The molecule has 0 N–H and O–H groups in total. The van der Waals surface area contributed by atoms with E-state index in [-0.39, 0.29) is 0 Å². The van der Waals surface area contributed by atoms with Gasteiger partial charge in [0.15, 0.2) is 23.3 Å². The lowest BCUT2D eigenvalue weighted by molar-refractivity contribution is 0.584. The van der Waals surface area contributed by atoms with Crippen molar-refractivity contribution >= 4 is 90.6 Å². The van der Waals surface area contributed by atoms with E-state index in [1.54, 1.807) is 0 Å². The Morgan fingerprint density at radius 1 is 0.284 bits per heavy atom. The fourth-order valence-electron chi connectivity index (χ4n) is 11.5. The molecule has 0 fully saturated rings. The highest BCUT2D eigenvalue weighted by molar-refractivity contribution is 6.25. The molecular weight excluding hydrogens is 993 g/mol. The molecule has 384 valence electrons. The van der Waals surface area contributed by atoms with Gasteiger partial charge in [-0.05, 0) is 109 Å². The first-order valence-electron chi connectivity index (χ1n) is 27.2. The van der Waals surface area contributed by atoms with Crippen molar-refractivity contribution in [1.29, 1.82) is 0 Å². The average molecular weight is 1040 g/mol. The molecule has 81 heavy (non-hydrogen) atoms. The molecule has 0 atom stereocenters. The Bertz CT molecular complexity index is 4440. The summed E-state index contributed by atoms with van der Waals surface area (Å²) in [6.45, 7) is 4.70. The zero-order chi connectivity index (χ0) is 54.0. The Balaban J connectivity index is 0.000000139. The van der Waals surface area contributed by atoms with Gasteiger partial charge in [0, 0.05) is 77.9 Å².